The maximum Gasteiger partial charge on any atom is 0.419 e. The summed E-state index contributed by atoms with van der Waals surface area (Å²) in [5.74, 6) is -4.07. The standard InChI is InChI=1S/C73H100N10O11/c1-13-14-17-34-57(74-65(86)48(5)46(2)3)66(87)78-61(44-56-42-53-33-23-25-37-63(53)83(56)71(92)94-73(10,11)12)69(90)75-58(35-26-27-38-81-45-54(79-80-81)39-47(4)64(85)51-30-20-16-21-31-51)67(88)77-60(40-50-28-18-15-19-29-50)68(89)76-59(49(6)84)43-55-41-52-32-22-24-36-62(52)82(55)70(91)93-72(7,8)9/h15,18-19,22-25,28-29,32-33,36-37,41-42,45-48,51,57-61H,13-14,16-17,20-21,26-27,30-31,34-35,38-40,43-44H2,1-12H3,(H,74,86)(H,75,90)(H,76,89)(H,77,88)(H,78,87). The van der Waals surface area contributed by atoms with E-state index in [9.17, 15) is 33.6 Å². The molecule has 5 N–H and O–H groups in total. The van der Waals surface area contributed by atoms with Crippen molar-refractivity contribution in [3.05, 3.63) is 120 Å². The van der Waals surface area contributed by atoms with Gasteiger partial charge >= 0.3 is 12.2 Å². The molecule has 7 rings (SSSR count). The largest absolute Gasteiger partial charge is 0.443 e. The van der Waals surface area contributed by atoms with E-state index >= 15 is 9.59 Å². The highest BCUT2D eigenvalue weighted by Crippen LogP contribution is 2.29. The van der Waals surface area contributed by atoms with Crippen LogP contribution in [-0.4, -0.2) is 119 Å². The Labute approximate surface area is 553 Å². The SMILES string of the molecule is CCCCCC(NC(=O)C(C)C(C)C)C(=O)NC(Cc1cc2ccccc2n1C(=O)OC(C)(C)C)C(=O)NC(CCCCn1cc(CC(C)C(=O)C2CCCCC2)nn1)C(=O)NC(Cc1ccccc1)C(=O)NC(Cc1cc2ccccc2n1C(=O)OC(C)(C)C)C(C)=O. The number of ether oxygens (including phenoxy) is 2. The molecule has 7 atom stereocenters. The summed E-state index contributed by atoms with van der Waals surface area (Å²) in [6.45, 7) is 21.7. The number of carbonyl (C=O) groups excluding carboxylic acids is 9. The van der Waals surface area contributed by atoms with Crippen LogP contribution in [0, 0.1) is 23.7 Å². The Morgan fingerprint density at radius 2 is 1.00 bits per heavy atom. The van der Waals surface area contributed by atoms with Crippen LogP contribution in [0.25, 0.3) is 21.8 Å². The fourth-order valence-corrected chi connectivity index (χ4v) is 12.0. The molecule has 1 aliphatic carbocycles. The van der Waals surface area contributed by atoms with Crippen LogP contribution in [0.4, 0.5) is 9.59 Å². The van der Waals surface area contributed by atoms with E-state index in [1.54, 1.807) is 114 Å². The third-order valence-corrected chi connectivity index (χ3v) is 17.4. The average Bonchev–Trinajstić information content (AvgIpc) is 1.64. The first-order valence-corrected chi connectivity index (χ1v) is 33.7. The highest BCUT2D eigenvalue weighted by molar-refractivity contribution is 5.98. The van der Waals surface area contributed by atoms with Crippen LogP contribution in [0.3, 0.4) is 0 Å². The Morgan fingerprint density at radius 1 is 0.543 bits per heavy atom. The number of hydrogen-bond acceptors (Lipinski definition) is 13. The number of ketones is 2. The second-order valence-electron chi connectivity index (χ2n) is 27.9. The summed E-state index contributed by atoms with van der Waals surface area (Å²) in [6.07, 6.45) is 8.76. The lowest BCUT2D eigenvalue weighted by Crippen LogP contribution is -2.59. The van der Waals surface area contributed by atoms with E-state index in [2.05, 4.69) is 36.9 Å². The zero-order valence-electron chi connectivity index (χ0n) is 57.2. The van der Waals surface area contributed by atoms with Gasteiger partial charge in [0.15, 0.2) is 5.78 Å². The number of benzene rings is 3. The molecule has 0 aliphatic heterocycles. The second kappa shape index (κ2) is 33.6. The Balaban J connectivity index is 1.23. The van der Waals surface area contributed by atoms with E-state index in [0.717, 1.165) is 44.9 Å². The molecule has 7 unspecified atom stereocenters. The van der Waals surface area contributed by atoms with Gasteiger partial charge in [0.1, 0.15) is 41.2 Å². The highest BCUT2D eigenvalue weighted by atomic mass is 16.6. The number of para-hydroxylation sites is 2. The van der Waals surface area contributed by atoms with Gasteiger partial charge in [-0.15, -0.1) is 5.10 Å². The summed E-state index contributed by atoms with van der Waals surface area (Å²) in [4.78, 5) is 130. The van der Waals surface area contributed by atoms with E-state index in [1.807, 2.05) is 64.2 Å². The van der Waals surface area contributed by atoms with Gasteiger partial charge in [-0.25, -0.2) is 18.7 Å². The molecule has 0 radical (unpaired) electrons. The quantitative estimate of drug-likeness (QED) is 0.0254. The van der Waals surface area contributed by atoms with Gasteiger partial charge in [-0.2, -0.15) is 0 Å². The predicted molar refractivity (Wildman–Crippen MR) is 361 cm³/mol. The Morgan fingerprint density at radius 3 is 1.51 bits per heavy atom. The maximum absolute atomic E-state index is 15.5. The van der Waals surface area contributed by atoms with Crippen LogP contribution < -0.4 is 26.6 Å². The van der Waals surface area contributed by atoms with Gasteiger partial charge in [0.25, 0.3) is 0 Å². The molecule has 94 heavy (non-hydrogen) atoms. The molecule has 3 aromatic heterocycles. The van der Waals surface area contributed by atoms with Gasteiger partial charge in [-0.05, 0) is 123 Å². The minimum atomic E-state index is -1.47. The lowest BCUT2D eigenvalue weighted by Gasteiger charge is -2.28. The van der Waals surface area contributed by atoms with Crippen LogP contribution in [0.5, 0.6) is 0 Å². The van der Waals surface area contributed by atoms with E-state index < -0.39 is 88.9 Å². The van der Waals surface area contributed by atoms with Gasteiger partial charge in [0.2, 0.25) is 29.5 Å². The lowest BCUT2D eigenvalue weighted by atomic mass is 9.81. The molecule has 508 valence electrons. The van der Waals surface area contributed by atoms with Crippen molar-refractivity contribution in [1.29, 1.82) is 0 Å². The summed E-state index contributed by atoms with van der Waals surface area (Å²) in [6, 6.07) is 20.4. The molecule has 0 bridgehead atoms. The van der Waals surface area contributed by atoms with Gasteiger partial charge in [0.05, 0.1) is 22.8 Å². The fraction of sp³-hybridized carbons (Fsp3) is 0.548. The Bertz CT molecular complexity index is 3580. The molecular formula is C73H100N10O11. The first kappa shape index (κ1) is 72.9. The molecule has 0 saturated heterocycles. The lowest BCUT2D eigenvalue weighted by molar-refractivity contribution is -0.135. The topological polar surface area (TPSA) is 273 Å². The van der Waals surface area contributed by atoms with Crippen LogP contribution in [0.2, 0.25) is 0 Å². The molecule has 0 spiro atoms. The predicted octanol–water partition coefficient (Wildman–Crippen LogP) is 10.9. The van der Waals surface area contributed by atoms with Crippen LogP contribution >= 0.6 is 0 Å². The number of Topliss-reactive ketones (excluding diaryl/α,β-unsaturated/α-hetero) is 2. The van der Waals surface area contributed by atoms with Gasteiger partial charge in [-0.3, -0.25) is 38.2 Å². The van der Waals surface area contributed by atoms with Gasteiger partial charge in [0, 0.05) is 78.3 Å². The molecule has 21 nitrogen and oxygen atoms in total. The smallest absolute Gasteiger partial charge is 0.419 e. The number of aromatic nitrogens is 5. The Kier molecular flexibility index (Phi) is 26.0. The summed E-state index contributed by atoms with van der Waals surface area (Å²) in [7, 11) is 0. The van der Waals surface area contributed by atoms with Crippen molar-refractivity contribution in [1.82, 2.24) is 50.7 Å². The van der Waals surface area contributed by atoms with E-state index in [0.29, 0.717) is 76.7 Å². The van der Waals surface area contributed by atoms with Crippen molar-refractivity contribution in [2.45, 2.75) is 234 Å². The average molecular weight is 1290 g/mol. The molecule has 3 heterocycles. The van der Waals surface area contributed by atoms with Gasteiger partial charge < -0.3 is 36.1 Å². The van der Waals surface area contributed by atoms with E-state index in [-0.39, 0.29) is 61.5 Å². The minimum absolute atomic E-state index is 0.0125. The summed E-state index contributed by atoms with van der Waals surface area (Å²) < 4.78 is 16.2. The van der Waals surface area contributed by atoms with Crippen molar-refractivity contribution in [3.8, 4) is 0 Å². The number of aryl methyl sites for hydroxylation is 1. The van der Waals surface area contributed by atoms with Gasteiger partial charge in [-0.1, -0.05) is 145 Å². The van der Waals surface area contributed by atoms with Crippen molar-refractivity contribution >= 4 is 75.1 Å². The third kappa shape index (κ3) is 21.0. The number of carbonyl (C=O) groups is 9. The van der Waals surface area contributed by atoms with Crippen LogP contribution in [-0.2, 0) is 75.3 Å². The Hall–Kier alpha value is -8.49. The zero-order chi connectivity index (χ0) is 68.4. The van der Waals surface area contributed by atoms with Crippen LogP contribution in [0.15, 0.2) is 97.2 Å². The maximum atomic E-state index is 15.5. The number of hydrogen-bond donors (Lipinski definition) is 5. The molecule has 6 aromatic rings. The van der Waals surface area contributed by atoms with E-state index in [1.165, 1.54) is 16.1 Å². The van der Waals surface area contributed by atoms with E-state index in [4.69, 9.17) is 9.47 Å². The monoisotopic (exact) mass is 1290 g/mol. The molecule has 21 heteroatoms. The molecule has 1 aliphatic rings. The summed E-state index contributed by atoms with van der Waals surface area (Å²) in [5, 5.41) is 24.8. The first-order valence-electron chi connectivity index (χ1n) is 33.7. The second-order valence-corrected chi connectivity index (χ2v) is 27.9. The number of nitrogens with one attached hydrogen (secondary N) is 5. The summed E-state index contributed by atoms with van der Waals surface area (Å²) in [5.41, 5.74) is 1.31. The van der Waals surface area contributed by atoms with Crippen molar-refractivity contribution in [3.63, 3.8) is 0 Å². The molecular weight excluding hydrogens is 1190 g/mol. The molecule has 1 fully saturated rings. The number of fused-ring (bicyclic) bond motifs is 2. The number of rotatable bonds is 31. The van der Waals surface area contributed by atoms with Crippen molar-refractivity contribution < 1.29 is 52.6 Å². The normalized spacial score (nSPS) is 15.2. The molecule has 5 amide bonds. The number of nitrogens with zero attached hydrogens (tertiary/aromatic N) is 5. The minimum Gasteiger partial charge on any atom is -0.443 e. The fourth-order valence-electron chi connectivity index (χ4n) is 12.0. The van der Waals surface area contributed by atoms with Crippen molar-refractivity contribution in [2.24, 2.45) is 23.7 Å². The molecule has 3 aromatic carbocycles. The number of amides is 5. The molecule has 1 saturated carbocycles. The zero-order valence-corrected chi connectivity index (χ0v) is 57.2. The van der Waals surface area contributed by atoms with Crippen LogP contribution in [0.1, 0.15) is 183 Å². The van der Waals surface area contributed by atoms with Crippen molar-refractivity contribution in [2.75, 3.05) is 0 Å². The summed E-state index contributed by atoms with van der Waals surface area (Å²) >= 11 is 0. The number of unbranched alkanes of at least 4 members (excludes halogenated alkanes) is 3. The highest BCUT2D eigenvalue weighted by Gasteiger charge is 2.36. The first-order chi connectivity index (χ1) is 44.6. The third-order valence-electron chi connectivity index (χ3n) is 17.4.